The second kappa shape index (κ2) is 11.5. The molecule has 0 spiro atoms. The highest BCUT2D eigenvalue weighted by atomic mass is 32.2. The van der Waals surface area contributed by atoms with Gasteiger partial charge in [-0.05, 0) is 37.6 Å². The third-order valence-corrected chi connectivity index (χ3v) is 9.08. The van der Waals surface area contributed by atoms with Gasteiger partial charge < -0.3 is 10.2 Å². The zero-order chi connectivity index (χ0) is 27.6. The Morgan fingerprint density at radius 2 is 1.79 bits per heavy atom. The summed E-state index contributed by atoms with van der Waals surface area (Å²) in [6.45, 7) is 8.93. The predicted molar refractivity (Wildman–Crippen MR) is 153 cm³/mol. The fraction of sp³-hybridized carbons (Fsp3) is 0.385. The molecule has 0 radical (unpaired) electrons. The maximum Gasteiger partial charge on any atom is 0.229 e. The van der Waals surface area contributed by atoms with Crippen LogP contribution < -0.4 is 10.2 Å². The first-order valence-corrected chi connectivity index (χ1v) is 15.5. The summed E-state index contributed by atoms with van der Waals surface area (Å²) in [5.41, 5.74) is 2.74. The first-order valence-electron chi connectivity index (χ1n) is 12.8. The number of nitrogens with zero attached hydrogens (tertiary/aromatic N) is 7. The van der Waals surface area contributed by atoms with Crippen molar-refractivity contribution in [3.05, 3.63) is 54.1 Å². The number of rotatable bonds is 9. The van der Waals surface area contributed by atoms with Gasteiger partial charge in [-0.15, -0.1) is 0 Å². The number of anilines is 3. The van der Waals surface area contributed by atoms with Gasteiger partial charge in [0.05, 0.1) is 22.7 Å². The predicted octanol–water partition coefficient (Wildman–Crippen LogP) is 3.95. The van der Waals surface area contributed by atoms with Gasteiger partial charge in [0, 0.05) is 57.6 Å². The maximum atomic E-state index is 14.8. The molecule has 1 fully saturated rings. The molecule has 1 N–H and O–H groups in total. The molecule has 5 rings (SSSR count). The molecule has 10 nitrogen and oxygen atoms in total. The number of aromatic nitrogens is 4. The Kier molecular flexibility index (Phi) is 8.03. The highest BCUT2D eigenvalue weighted by molar-refractivity contribution is 7.88. The van der Waals surface area contributed by atoms with E-state index in [2.05, 4.69) is 43.9 Å². The van der Waals surface area contributed by atoms with Crippen LogP contribution in [0, 0.1) is 5.82 Å². The van der Waals surface area contributed by atoms with Crippen LogP contribution in [0.15, 0.2) is 42.7 Å². The Balaban J connectivity index is 1.27. The van der Waals surface area contributed by atoms with Gasteiger partial charge in [-0.3, -0.25) is 4.90 Å². The van der Waals surface area contributed by atoms with Gasteiger partial charge in [-0.2, -0.15) is 4.31 Å². The van der Waals surface area contributed by atoms with Crippen molar-refractivity contribution in [1.82, 2.24) is 29.1 Å². The van der Waals surface area contributed by atoms with Crippen LogP contribution in [0.25, 0.3) is 21.5 Å². The summed E-state index contributed by atoms with van der Waals surface area (Å²) >= 11 is 1.58. The number of pyridine rings is 1. The largest absolute Gasteiger partial charge is 0.349 e. The number of thiazole rings is 1. The minimum Gasteiger partial charge on any atom is -0.349 e. The van der Waals surface area contributed by atoms with E-state index >= 15 is 0 Å². The molecule has 1 aliphatic rings. The van der Waals surface area contributed by atoms with Gasteiger partial charge in [-0.25, -0.2) is 32.7 Å². The number of halogens is 1. The molecule has 4 aromatic rings. The van der Waals surface area contributed by atoms with Crippen molar-refractivity contribution >= 4 is 48.5 Å². The van der Waals surface area contributed by atoms with E-state index in [4.69, 9.17) is 4.98 Å². The van der Waals surface area contributed by atoms with Crippen LogP contribution in [0.3, 0.4) is 0 Å². The zero-order valence-electron chi connectivity index (χ0n) is 22.1. The average Bonchev–Trinajstić information content (AvgIpc) is 3.34. The summed E-state index contributed by atoms with van der Waals surface area (Å²) in [6, 6.07) is 9.41. The monoisotopic (exact) mass is 570 g/mol. The van der Waals surface area contributed by atoms with Crippen molar-refractivity contribution in [3.63, 3.8) is 0 Å². The van der Waals surface area contributed by atoms with Gasteiger partial charge in [0.1, 0.15) is 11.5 Å². The third kappa shape index (κ3) is 6.32. The number of hydrogen-bond acceptors (Lipinski definition) is 10. The molecular weight excluding hydrogens is 539 g/mol. The molecule has 0 bridgehead atoms. The lowest BCUT2D eigenvalue weighted by molar-refractivity contribution is 0.182. The lowest BCUT2D eigenvalue weighted by atomic mass is 10.1. The fourth-order valence-corrected chi connectivity index (χ4v) is 6.46. The van der Waals surface area contributed by atoms with Crippen LogP contribution >= 0.6 is 11.3 Å². The summed E-state index contributed by atoms with van der Waals surface area (Å²) in [5, 5.41) is 4.01. The van der Waals surface area contributed by atoms with Crippen LogP contribution in [-0.2, 0) is 16.6 Å². The Morgan fingerprint density at radius 3 is 2.46 bits per heavy atom. The Labute approximate surface area is 231 Å². The Morgan fingerprint density at radius 1 is 1.03 bits per heavy atom. The normalized spacial score (nSPS) is 15.1. The zero-order valence-corrected chi connectivity index (χ0v) is 23.8. The van der Waals surface area contributed by atoms with E-state index < -0.39 is 15.8 Å². The van der Waals surface area contributed by atoms with E-state index in [0.717, 1.165) is 40.2 Å². The van der Waals surface area contributed by atoms with E-state index in [9.17, 15) is 12.8 Å². The minimum absolute atomic E-state index is 0.206. The lowest BCUT2D eigenvalue weighted by Gasteiger charge is -2.33. The topological polar surface area (TPSA) is 107 Å². The number of benzene rings is 1. The highest BCUT2D eigenvalue weighted by Crippen LogP contribution is 2.32. The number of hydrogen-bond donors (Lipinski definition) is 1. The van der Waals surface area contributed by atoms with Crippen molar-refractivity contribution in [2.45, 2.75) is 20.4 Å². The summed E-state index contributed by atoms with van der Waals surface area (Å²) in [6.07, 6.45) is 4.17. The van der Waals surface area contributed by atoms with Gasteiger partial charge in [0.2, 0.25) is 16.0 Å². The van der Waals surface area contributed by atoms with Gasteiger partial charge in [-0.1, -0.05) is 23.5 Å². The van der Waals surface area contributed by atoms with Gasteiger partial charge >= 0.3 is 0 Å². The van der Waals surface area contributed by atoms with Crippen molar-refractivity contribution in [2.75, 3.05) is 55.7 Å². The molecule has 0 aliphatic carbocycles. The first-order chi connectivity index (χ1) is 18.7. The van der Waals surface area contributed by atoms with Crippen molar-refractivity contribution in [1.29, 1.82) is 0 Å². The molecule has 1 saturated heterocycles. The van der Waals surface area contributed by atoms with E-state index in [0.29, 0.717) is 44.1 Å². The van der Waals surface area contributed by atoms with E-state index in [1.54, 1.807) is 17.5 Å². The summed E-state index contributed by atoms with van der Waals surface area (Å²) in [4.78, 5) is 22.1. The fourth-order valence-electron chi connectivity index (χ4n) is 4.50. The quantitative estimate of drug-likeness (QED) is 0.320. The maximum absolute atomic E-state index is 14.8. The summed E-state index contributed by atoms with van der Waals surface area (Å²) < 4.78 is 40.7. The molecule has 4 heterocycles. The first kappa shape index (κ1) is 27.3. The molecule has 0 atom stereocenters. The van der Waals surface area contributed by atoms with Crippen molar-refractivity contribution in [2.24, 2.45) is 0 Å². The van der Waals surface area contributed by atoms with Gasteiger partial charge in [0.15, 0.2) is 10.9 Å². The molecule has 0 amide bonds. The van der Waals surface area contributed by atoms with Crippen molar-refractivity contribution in [3.8, 4) is 11.3 Å². The number of sulfonamides is 1. The molecule has 206 valence electrons. The van der Waals surface area contributed by atoms with Crippen molar-refractivity contribution < 1.29 is 12.8 Å². The van der Waals surface area contributed by atoms with E-state index in [1.807, 2.05) is 30.3 Å². The molecule has 39 heavy (non-hydrogen) atoms. The lowest BCUT2D eigenvalue weighted by Crippen LogP contribution is -2.47. The second-order valence-corrected chi connectivity index (χ2v) is 12.3. The van der Waals surface area contributed by atoms with Crippen LogP contribution in [0.5, 0.6) is 0 Å². The van der Waals surface area contributed by atoms with E-state index in [1.165, 1.54) is 10.6 Å². The third-order valence-electron chi connectivity index (χ3n) is 6.70. The van der Waals surface area contributed by atoms with Crippen LogP contribution in [-0.4, -0.2) is 83.1 Å². The molecule has 3 aromatic heterocycles. The molecule has 1 aliphatic heterocycles. The van der Waals surface area contributed by atoms with Crippen LogP contribution in [0.1, 0.15) is 19.4 Å². The molecular formula is C26H31FN8O2S2. The van der Waals surface area contributed by atoms with E-state index in [-0.39, 0.29) is 11.6 Å². The summed E-state index contributed by atoms with van der Waals surface area (Å²) in [7, 11) is -3.15. The summed E-state index contributed by atoms with van der Waals surface area (Å²) in [5.74, 6) is 0.282. The SMILES string of the molecule is CCN(CC)c1nc2ccc(-c3nc(Nc4ccc(CN5CCN(S(C)(=O)=O)CC5)cn4)ncc3F)cc2s1. The molecule has 0 unspecified atom stereocenters. The standard InChI is InChI=1S/C26H31FN8O2S2/c1-4-34(5-2)26-30-21-8-7-19(14-22(21)38-26)24-20(27)16-29-25(32-24)31-23-9-6-18(15-28-23)17-33-10-12-35(13-11-33)39(3,36)37/h6-9,14-16H,4-5,10-13,17H2,1-3H3,(H,28,29,31,32). The smallest absolute Gasteiger partial charge is 0.229 e. The number of nitrogens with one attached hydrogen (secondary N) is 1. The number of fused-ring (bicyclic) bond motifs is 1. The molecule has 1 aromatic carbocycles. The molecule has 0 saturated carbocycles. The number of piperazine rings is 1. The Bertz CT molecular complexity index is 1550. The molecule has 13 heteroatoms. The van der Waals surface area contributed by atoms with Gasteiger partial charge in [0.25, 0.3) is 0 Å². The van der Waals surface area contributed by atoms with Crippen LogP contribution in [0.4, 0.5) is 21.3 Å². The minimum atomic E-state index is -3.15. The second-order valence-electron chi connectivity index (χ2n) is 9.36. The Hall–Kier alpha value is -3.26. The average molecular weight is 571 g/mol. The highest BCUT2D eigenvalue weighted by Gasteiger charge is 2.23. The van der Waals surface area contributed by atoms with Crippen LogP contribution in [0.2, 0.25) is 0 Å².